The molecule has 0 bridgehead atoms. The van der Waals surface area contributed by atoms with Gasteiger partial charge in [-0.2, -0.15) is 0 Å². The van der Waals surface area contributed by atoms with Crippen molar-refractivity contribution in [1.82, 2.24) is 5.32 Å². The van der Waals surface area contributed by atoms with Gasteiger partial charge in [0.2, 0.25) is 0 Å². The Morgan fingerprint density at radius 1 is 1.13 bits per heavy atom. The van der Waals surface area contributed by atoms with E-state index in [0.29, 0.717) is 0 Å². The first-order valence-electron chi connectivity index (χ1n) is 7.75. The molecule has 1 N–H and O–H groups in total. The van der Waals surface area contributed by atoms with Crippen LogP contribution in [0, 0.1) is 5.41 Å². The van der Waals surface area contributed by atoms with E-state index in [2.05, 4.69) is 5.32 Å². The van der Waals surface area contributed by atoms with Crippen LogP contribution in [0.1, 0.15) is 40.2 Å². The van der Waals surface area contributed by atoms with Gasteiger partial charge in [-0.1, -0.05) is 51.1 Å². The second-order valence-corrected chi connectivity index (χ2v) is 6.72. The first kappa shape index (κ1) is 19.0. The maximum atomic E-state index is 12.8. The molecule has 0 fully saturated rings. The number of nitrogens with one attached hydrogen (secondary N) is 1. The number of hydrogen-bond donors (Lipinski definition) is 1. The average Bonchev–Trinajstić information content (AvgIpc) is 2.51. The monoisotopic (exact) mass is 321 g/mol. The summed E-state index contributed by atoms with van der Waals surface area (Å²) in [6.07, 6.45) is -0.573. The number of methoxy groups -OCH3 is 1. The van der Waals surface area contributed by atoms with Crippen LogP contribution in [-0.4, -0.2) is 31.8 Å². The molecule has 0 heterocycles. The molecule has 1 amide bonds. The van der Waals surface area contributed by atoms with E-state index in [9.17, 15) is 9.59 Å². The molecule has 1 rings (SSSR count). The van der Waals surface area contributed by atoms with Crippen LogP contribution in [0.25, 0.3) is 0 Å². The predicted molar refractivity (Wildman–Crippen MR) is 89.2 cm³/mol. The quantitative estimate of drug-likeness (QED) is 0.845. The third kappa shape index (κ3) is 4.24. The van der Waals surface area contributed by atoms with E-state index in [1.165, 1.54) is 7.11 Å². The first-order chi connectivity index (χ1) is 10.7. The molecule has 2 unspecified atom stereocenters. The van der Waals surface area contributed by atoms with E-state index >= 15 is 0 Å². The number of alkyl carbamates (subject to hydrolysis) is 1. The van der Waals surface area contributed by atoms with Crippen molar-refractivity contribution in [3.8, 4) is 0 Å². The lowest BCUT2D eigenvalue weighted by atomic mass is 9.66. The number of benzene rings is 1. The fraction of sp³-hybridized carbons (Fsp3) is 0.556. The minimum Gasteiger partial charge on any atom is -0.465 e. The number of carbonyl (C=O) groups is 2. The number of hydrogen-bond acceptors (Lipinski definition) is 4. The lowest BCUT2D eigenvalue weighted by Gasteiger charge is -2.43. The van der Waals surface area contributed by atoms with Gasteiger partial charge in [0.1, 0.15) is 5.41 Å². The second kappa shape index (κ2) is 7.49. The van der Waals surface area contributed by atoms with Gasteiger partial charge in [-0.25, -0.2) is 4.79 Å². The Hall–Kier alpha value is -2.04. The van der Waals surface area contributed by atoms with Gasteiger partial charge >= 0.3 is 12.1 Å². The predicted octanol–water partition coefficient (Wildman–Crippen LogP) is 3.28. The standard InChI is InChI=1S/C18H27NO4/c1-7-23-15(20)18(5,13-11-9-8-10-12-13)14(17(2,3)4)19-16(21)22-6/h8-12,14H,7H2,1-6H3,(H,19,21). The molecule has 0 radical (unpaired) electrons. The second-order valence-electron chi connectivity index (χ2n) is 6.72. The minimum atomic E-state index is -1.04. The topological polar surface area (TPSA) is 64.6 Å². The van der Waals surface area contributed by atoms with Gasteiger partial charge in [0.15, 0.2) is 0 Å². The third-order valence-electron chi connectivity index (χ3n) is 3.96. The Kier molecular flexibility index (Phi) is 6.19. The summed E-state index contributed by atoms with van der Waals surface area (Å²) in [4.78, 5) is 24.7. The van der Waals surface area contributed by atoms with Crippen molar-refractivity contribution in [3.63, 3.8) is 0 Å². The summed E-state index contributed by atoms with van der Waals surface area (Å²) in [7, 11) is 1.30. The van der Waals surface area contributed by atoms with Gasteiger partial charge in [0, 0.05) is 0 Å². The summed E-state index contributed by atoms with van der Waals surface area (Å²) in [6, 6.07) is 8.84. The minimum absolute atomic E-state index is 0.274. The fourth-order valence-electron chi connectivity index (χ4n) is 2.87. The van der Waals surface area contributed by atoms with Crippen molar-refractivity contribution in [2.45, 2.75) is 46.1 Å². The maximum Gasteiger partial charge on any atom is 0.407 e. The number of amides is 1. The van der Waals surface area contributed by atoms with Crippen LogP contribution < -0.4 is 5.32 Å². The SMILES string of the molecule is CCOC(=O)C(C)(c1ccccc1)C(NC(=O)OC)C(C)(C)C. The van der Waals surface area contributed by atoms with Crippen molar-refractivity contribution in [2.24, 2.45) is 5.41 Å². The molecule has 1 aromatic rings. The van der Waals surface area contributed by atoms with Crippen LogP contribution in [0.5, 0.6) is 0 Å². The smallest absolute Gasteiger partial charge is 0.407 e. The van der Waals surface area contributed by atoms with Gasteiger partial charge in [-0.05, 0) is 24.8 Å². The van der Waals surface area contributed by atoms with Crippen molar-refractivity contribution in [2.75, 3.05) is 13.7 Å². The number of carbonyl (C=O) groups excluding carboxylic acids is 2. The van der Waals surface area contributed by atoms with E-state index < -0.39 is 23.0 Å². The molecule has 0 aliphatic heterocycles. The van der Waals surface area contributed by atoms with E-state index in [0.717, 1.165) is 5.56 Å². The Bertz CT molecular complexity index is 536. The molecule has 0 aliphatic rings. The Labute approximate surface area is 138 Å². The van der Waals surface area contributed by atoms with E-state index in [4.69, 9.17) is 9.47 Å². The van der Waals surface area contributed by atoms with E-state index in [1.54, 1.807) is 13.8 Å². The van der Waals surface area contributed by atoms with Gasteiger partial charge in [0.25, 0.3) is 0 Å². The fourth-order valence-corrected chi connectivity index (χ4v) is 2.87. The van der Waals surface area contributed by atoms with Crippen LogP contribution in [0.15, 0.2) is 30.3 Å². The highest BCUT2D eigenvalue weighted by Gasteiger charge is 2.50. The summed E-state index contributed by atoms with van der Waals surface area (Å²) in [5.41, 5.74) is -0.648. The highest BCUT2D eigenvalue weighted by atomic mass is 16.5. The Balaban J connectivity index is 3.45. The van der Waals surface area contributed by atoms with Gasteiger partial charge in [0.05, 0.1) is 19.8 Å². The number of rotatable bonds is 5. The average molecular weight is 321 g/mol. The van der Waals surface area contributed by atoms with Gasteiger partial charge in [-0.15, -0.1) is 0 Å². The highest BCUT2D eigenvalue weighted by Crippen LogP contribution is 2.38. The summed E-state index contributed by atoms with van der Waals surface area (Å²) >= 11 is 0. The van der Waals surface area contributed by atoms with E-state index in [-0.39, 0.29) is 12.6 Å². The lowest BCUT2D eigenvalue weighted by molar-refractivity contribution is -0.152. The molecule has 128 valence electrons. The first-order valence-corrected chi connectivity index (χ1v) is 7.75. The molecule has 0 saturated carbocycles. The summed E-state index contributed by atoms with van der Waals surface area (Å²) in [6.45, 7) is 9.74. The molecule has 5 heteroatoms. The van der Waals surface area contributed by atoms with E-state index in [1.807, 2.05) is 51.1 Å². The van der Waals surface area contributed by atoms with Crippen molar-refractivity contribution in [1.29, 1.82) is 0 Å². The molecular formula is C18H27NO4. The molecule has 0 aliphatic carbocycles. The van der Waals surface area contributed by atoms with Crippen molar-refractivity contribution in [3.05, 3.63) is 35.9 Å². The summed E-state index contributed by atoms with van der Waals surface area (Å²) in [5.74, 6) is -0.373. The molecule has 0 spiro atoms. The molecule has 0 aromatic heterocycles. The highest BCUT2D eigenvalue weighted by molar-refractivity contribution is 5.85. The molecular weight excluding hydrogens is 294 g/mol. The summed E-state index contributed by atoms with van der Waals surface area (Å²) < 4.78 is 10.1. The zero-order chi connectivity index (χ0) is 17.7. The number of ether oxygens (including phenoxy) is 2. The van der Waals surface area contributed by atoms with Crippen LogP contribution in [0.4, 0.5) is 4.79 Å². The van der Waals surface area contributed by atoms with Gasteiger partial charge < -0.3 is 14.8 Å². The largest absolute Gasteiger partial charge is 0.465 e. The lowest BCUT2D eigenvalue weighted by Crippen LogP contribution is -2.59. The number of esters is 1. The van der Waals surface area contributed by atoms with Crippen LogP contribution in [0.2, 0.25) is 0 Å². The Morgan fingerprint density at radius 3 is 2.13 bits per heavy atom. The molecule has 1 aromatic carbocycles. The van der Waals surface area contributed by atoms with Crippen LogP contribution in [-0.2, 0) is 19.7 Å². The normalized spacial score (nSPS) is 15.2. The van der Waals surface area contributed by atoms with Gasteiger partial charge in [-0.3, -0.25) is 4.79 Å². The zero-order valence-electron chi connectivity index (χ0n) is 14.8. The van der Waals surface area contributed by atoms with Crippen molar-refractivity contribution < 1.29 is 19.1 Å². The van der Waals surface area contributed by atoms with Crippen LogP contribution in [0.3, 0.4) is 0 Å². The molecule has 5 nitrogen and oxygen atoms in total. The summed E-state index contributed by atoms with van der Waals surface area (Å²) in [5, 5.41) is 2.82. The van der Waals surface area contributed by atoms with Crippen LogP contribution >= 0.6 is 0 Å². The molecule has 2 atom stereocenters. The van der Waals surface area contributed by atoms with Crippen molar-refractivity contribution >= 4 is 12.1 Å². The third-order valence-corrected chi connectivity index (χ3v) is 3.96. The zero-order valence-corrected chi connectivity index (χ0v) is 14.8. The molecule has 23 heavy (non-hydrogen) atoms. The Morgan fingerprint density at radius 2 is 1.70 bits per heavy atom. The maximum absolute atomic E-state index is 12.8. The molecule has 0 saturated heterocycles.